The van der Waals surface area contributed by atoms with E-state index in [2.05, 4.69) is 20.7 Å². The third kappa shape index (κ3) is 6.09. The van der Waals surface area contributed by atoms with Gasteiger partial charge in [0.25, 0.3) is 0 Å². The minimum absolute atomic E-state index is 0. The number of rotatable bonds is 7. The number of benzene rings is 1. The number of ether oxygens (including phenoxy) is 2. The lowest BCUT2D eigenvalue weighted by Crippen LogP contribution is -2.30. The fraction of sp³-hybridized carbons (Fsp3) is 0.250. The van der Waals surface area contributed by atoms with Gasteiger partial charge in [0.15, 0.2) is 11.5 Å². The van der Waals surface area contributed by atoms with Crippen molar-refractivity contribution in [1.29, 1.82) is 0 Å². The van der Waals surface area contributed by atoms with Crippen LogP contribution in [-0.4, -0.2) is 34.8 Å². The minimum Gasteiger partial charge on any atom is -0.493 e. The van der Waals surface area contributed by atoms with Crippen LogP contribution in [0.5, 0.6) is 17.4 Å². The summed E-state index contributed by atoms with van der Waals surface area (Å²) in [7, 11) is 5.12. The Morgan fingerprint density at radius 3 is 2.47 bits per heavy atom. The zero-order valence-corrected chi connectivity index (χ0v) is 18.7. The van der Waals surface area contributed by atoms with E-state index in [9.17, 15) is 4.79 Å². The van der Waals surface area contributed by atoms with E-state index in [0.29, 0.717) is 23.1 Å². The number of aromatic nitrogens is 3. The third-order valence-electron chi connectivity index (χ3n) is 4.15. The molecule has 0 aliphatic carbocycles. The molecule has 0 radical (unpaired) electrons. The lowest BCUT2D eigenvalue weighted by Gasteiger charge is -2.15. The molecule has 10 heteroatoms. The van der Waals surface area contributed by atoms with Gasteiger partial charge in [-0.15, -0.1) is 24.8 Å². The van der Waals surface area contributed by atoms with Crippen molar-refractivity contribution in [2.75, 3.05) is 19.5 Å². The number of hydrogen-bond donors (Lipinski definition) is 2. The van der Waals surface area contributed by atoms with Crippen molar-refractivity contribution < 1.29 is 14.3 Å². The number of hydrogen-bond acceptors (Lipinski definition) is 6. The Labute approximate surface area is 187 Å². The lowest BCUT2D eigenvalue weighted by molar-refractivity contribution is -0.118. The zero-order valence-electron chi connectivity index (χ0n) is 17.1. The first kappa shape index (κ1) is 25.2. The first-order valence-electron chi connectivity index (χ1n) is 8.75. The van der Waals surface area contributed by atoms with Crippen LogP contribution in [0.2, 0.25) is 0 Å². The standard InChI is InChI=1S/C20H23N5O3.2ClH/c1-13-5-7-16(17(9-13)27-4)28-18-8-6-15(11-22-18)24-20(26)19(21-2)14-10-23-25(3)12-14;;/h5-12,19,21H,1-4H3,(H,24,26);2*1H. The van der Waals surface area contributed by atoms with E-state index >= 15 is 0 Å². The second-order valence-electron chi connectivity index (χ2n) is 6.30. The Morgan fingerprint density at radius 1 is 1.13 bits per heavy atom. The van der Waals surface area contributed by atoms with Crippen LogP contribution < -0.4 is 20.1 Å². The summed E-state index contributed by atoms with van der Waals surface area (Å²) in [6.45, 7) is 1.98. The summed E-state index contributed by atoms with van der Waals surface area (Å²) in [5, 5.41) is 9.93. The Bertz CT molecular complexity index is 963. The Morgan fingerprint density at radius 2 is 1.90 bits per heavy atom. The van der Waals surface area contributed by atoms with E-state index in [1.54, 1.807) is 56.6 Å². The fourth-order valence-corrected chi connectivity index (χ4v) is 2.74. The van der Waals surface area contributed by atoms with E-state index in [1.807, 2.05) is 25.1 Å². The molecule has 1 atom stereocenters. The molecule has 0 aliphatic rings. The van der Waals surface area contributed by atoms with Crippen LogP contribution in [0.15, 0.2) is 48.9 Å². The number of amides is 1. The van der Waals surface area contributed by atoms with Gasteiger partial charge in [-0.2, -0.15) is 5.10 Å². The van der Waals surface area contributed by atoms with Gasteiger partial charge in [-0.05, 0) is 37.7 Å². The van der Waals surface area contributed by atoms with Gasteiger partial charge in [0, 0.05) is 24.9 Å². The van der Waals surface area contributed by atoms with Crippen LogP contribution in [0.25, 0.3) is 0 Å². The van der Waals surface area contributed by atoms with Crippen LogP contribution in [0.4, 0.5) is 5.69 Å². The number of halogens is 2. The molecule has 2 heterocycles. The molecule has 0 fully saturated rings. The molecule has 0 saturated carbocycles. The van der Waals surface area contributed by atoms with Gasteiger partial charge >= 0.3 is 0 Å². The van der Waals surface area contributed by atoms with Crippen molar-refractivity contribution in [3.05, 3.63) is 60.0 Å². The number of pyridine rings is 1. The monoisotopic (exact) mass is 453 g/mol. The summed E-state index contributed by atoms with van der Waals surface area (Å²) in [6.07, 6.45) is 5.00. The highest BCUT2D eigenvalue weighted by Crippen LogP contribution is 2.31. The first-order valence-corrected chi connectivity index (χ1v) is 8.75. The van der Waals surface area contributed by atoms with Gasteiger partial charge in [-0.3, -0.25) is 9.48 Å². The molecule has 1 amide bonds. The summed E-state index contributed by atoms with van der Waals surface area (Å²) >= 11 is 0. The maximum absolute atomic E-state index is 12.6. The van der Waals surface area contributed by atoms with Crippen molar-refractivity contribution in [1.82, 2.24) is 20.1 Å². The largest absolute Gasteiger partial charge is 0.493 e. The molecule has 1 unspecified atom stereocenters. The highest BCUT2D eigenvalue weighted by atomic mass is 35.5. The Kier molecular flexibility index (Phi) is 9.58. The number of carbonyl (C=O) groups is 1. The van der Waals surface area contributed by atoms with Crippen molar-refractivity contribution in [2.45, 2.75) is 13.0 Å². The predicted molar refractivity (Wildman–Crippen MR) is 120 cm³/mol. The lowest BCUT2D eigenvalue weighted by atomic mass is 10.1. The van der Waals surface area contributed by atoms with Gasteiger partial charge < -0.3 is 20.1 Å². The maximum Gasteiger partial charge on any atom is 0.246 e. The molecule has 3 rings (SSSR count). The summed E-state index contributed by atoms with van der Waals surface area (Å²) in [4.78, 5) is 16.8. The normalized spacial score (nSPS) is 10.9. The summed E-state index contributed by atoms with van der Waals surface area (Å²) in [5.41, 5.74) is 2.42. The number of aryl methyl sites for hydroxylation is 2. The third-order valence-corrected chi connectivity index (χ3v) is 4.15. The molecule has 0 aliphatic heterocycles. The van der Waals surface area contributed by atoms with Gasteiger partial charge in [-0.25, -0.2) is 4.98 Å². The van der Waals surface area contributed by atoms with Crippen LogP contribution >= 0.6 is 24.8 Å². The predicted octanol–water partition coefficient (Wildman–Crippen LogP) is 3.67. The smallest absolute Gasteiger partial charge is 0.246 e. The highest BCUT2D eigenvalue weighted by Gasteiger charge is 2.20. The van der Waals surface area contributed by atoms with Crippen molar-refractivity contribution in [3.8, 4) is 17.4 Å². The van der Waals surface area contributed by atoms with Crippen molar-refractivity contribution in [3.63, 3.8) is 0 Å². The highest BCUT2D eigenvalue weighted by molar-refractivity contribution is 5.95. The van der Waals surface area contributed by atoms with E-state index in [-0.39, 0.29) is 30.7 Å². The molecule has 0 bridgehead atoms. The molecule has 0 spiro atoms. The molecule has 162 valence electrons. The van der Waals surface area contributed by atoms with Gasteiger partial charge in [-0.1, -0.05) is 6.07 Å². The average Bonchev–Trinajstić information content (AvgIpc) is 3.11. The molecule has 1 aromatic carbocycles. The van der Waals surface area contributed by atoms with Gasteiger partial charge in [0.05, 0.1) is 25.2 Å². The van der Waals surface area contributed by atoms with Crippen LogP contribution in [0, 0.1) is 6.92 Å². The quantitative estimate of drug-likeness (QED) is 0.566. The zero-order chi connectivity index (χ0) is 20.1. The molecule has 8 nitrogen and oxygen atoms in total. The van der Waals surface area contributed by atoms with E-state index in [4.69, 9.17) is 9.47 Å². The Hall–Kier alpha value is -2.81. The Balaban J connectivity index is 0.00000225. The van der Waals surface area contributed by atoms with E-state index in [1.165, 1.54) is 0 Å². The van der Waals surface area contributed by atoms with Crippen molar-refractivity contribution >= 4 is 36.4 Å². The van der Waals surface area contributed by atoms with Gasteiger partial charge in [0.1, 0.15) is 6.04 Å². The number of carbonyl (C=O) groups excluding carboxylic acids is 1. The molecule has 30 heavy (non-hydrogen) atoms. The first-order chi connectivity index (χ1) is 13.5. The van der Waals surface area contributed by atoms with E-state index in [0.717, 1.165) is 11.1 Å². The maximum atomic E-state index is 12.6. The van der Waals surface area contributed by atoms with Crippen LogP contribution in [0.3, 0.4) is 0 Å². The molecule has 2 N–H and O–H groups in total. The summed E-state index contributed by atoms with van der Waals surface area (Å²) in [6, 6.07) is 8.56. The summed E-state index contributed by atoms with van der Waals surface area (Å²) < 4.78 is 12.8. The topological polar surface area (TPSA) is 90.3 Å². The molecule has 3 aromatic rings. The van der Waals surface area contributed by atoms with Crippen LogP contribution in [-0.2, 0) is 11.8 Å². The molecular formula is C20H25Cl2N5O3. The fourth-order valence-electron chi connectivity index (χ4n) is 2.74. The van der Waals surface area contributed by atoms with Gasteiger partial charge in [0.2, 0.25) is 11.8 Å². The molecular weight excluding hydrogens is 429 g/mol. The van der Waals surface area contributed by atoms with Crippen molar-refractivity contribution in [2.24, 2.45) is 7.05 Å². The number of nitrogens with one attached hydrogen (secondary N) is 2. The second-order valence-corrected chi connectivity index (χ2v) is 6.30. The number of likely N-dealkylation sites (N-methyl/N-ethyl adjacent to an activating group) is 1. The van der Waals surface area contributed by atoms with Crippen LogP contribution in [0.1, 0.15) is 17.2 Å². The SMILES string of the molecule is CNC(C(=O)Nc1ccc(Oc2ccc(C)cc2OC)nc1)c1cnn(C)c1.Cl.Cl. The second kappa shape index (κ2) is 11.4. The molecule has 0 saturated heterocycles. The molecule has 2 aromatic heterocycles. The summed E-state index contributed by atoms with van der Waals surface area (Å²) in [5.74, 6) is 1.40. The minimum atomic E-state index is -0.513. The average molecular weight is 454 g/mol. The van der Waals surface area contributed by atoms with E-state index < -0.39 is 6.04 Å². The number of anilines is 1. The number of methoxy groups -OCH3 is 1. The number of nitrogens with zero attached hydrogens (tertiary/aromatic N) is 3.